The highest BCUT2D eigenvalue weighted by Gasteiger charge is 2.20. The number of likely N-dealkylation sites (tertiary alicyclic amines) is 1. The molecular formula is C12H13FINO. The van der Waals surface area contributed by atoms with E-state index in [1.165, 1.54) is 12.5 Å². The van der Waals surface area contributed by atoms with Crippen LogP contribution in [-0.4, -0.2) is 23.9 Å². The van der Waals surface area contributed by atoms with Crippen LogP contribution in [0.1, 0.15) is 29.6 Å². The first-order chi connectivity index (χ1) is 7.68. The van der Waals surface area contributed by atoms with Crippen LogP contribution in [0.3, 0.4) is 0 Å². The molecule has 0 radical (unpaired) electrons. The summed E-state index contributed by atoms with van der Waals surface area (Å²) >= 11 is 2.04. The van der Waals surface area contributed by atoms with Crippen LogP contribution in [0.15, 0.2) is 18.2 Å². The minimum Gasteiger partial charge on any atom is -0.339 e. The summed E-state index contributed by atoms with van der Waals surface area (Å²) in [4.78, 5) is 13.8. The molecule has 0 spiro atoms. The third-order valence-corrected chi connectivity index (χ3v) is 3.48. The summed E-state index contributed by atoms with van der Waals surface area (Å²) in [6.45, 7) is 1.51. The number of amides is 1. The standard InChI is InChI=1S/C12H13FINO/c13-11-8-9(14)4-5-10(11)12(16)15-6-2-1-3-7-15/h4-5,8H,1-3,6-7H2. The van der Waals surface area contributed by atoms with Crippen molar-refractivity contribution in [1.82, 2.24) is 4.90 Å². The van der Waals surface area contributed by atoms with Gasteiger partial charge in [0, 0.05) is 16.7 Å². The molecule has 1 aromatic rings. The fraction of sp³-hybridized carbons (Fsp3) is 0.417. The molecule has 86 valence electrons. The lowest BCUT2D eigenvalue weighted by molar-refractivity contribution is 0.0719. The summed E-state index contributed by atoms with van der Waals surface area (Å²) in [6.07, 6.45) is 3.22. The first-order valence-electron chi connectivity index (χ1n) is 5.43. The topological polar surface area (TPSA) is 20.3 Å². The van der Waals surface area contributed by atoms with Crippen LogP contribution in [0.4, 0.5) is 4.39 Å². The van der Waals surface area contributed by atoms with Crippen molar-refractivity contribution in [2.45, 2.75) is 19.3 Å². The van der Waals surface area contributed by atoms with Crippen LogP contribution in [-0.2, 0) is 0 Å². The summed E-state index contributed by atoms with van der Waals surface area (Å²) in [5, 5.41) is 0. The van der Waals surface area contributed by atoms with E-state index >= 15 is 0 Å². The maximum Gasteiger partial charge on any atom is 0.256 e. The van der Waals surface area contributed by atoms with Crippen molar-refractivity contribution in [2.24, 2.45) is 0 Å². The van der Waals surface area contributed by atoms with Crippen LogP contribution in [0.2, 0.25) is 0 Å². The minimum atomic E-state index is -0.414. The third-order valence-electron chi connectivity index (χ3n) is 2.80. The van der Waals surface area contributed by atoms with Crippen molar-refractivity contribution in [2.75, 3.05) is 13.1 Å². The van der Waals surface area contributed by atoms with Crippen molar-refractivity contribution in [3.8, 4) is 0 Å². The Morgan fingerprint density at radius 1 is 1.25 bits per heavy atom. The molecule has 1 aliphatic heterocycles. The molecule has 1 fully saturated rings. The van der Waals surface area contributed by atoms with Gasteiger partial charge in [0.05, 0.1) is 5.56 Å². The van der Waals surface area contributed by atoms with E-state index in [4.69, 9.17) is 0 Å². The molecule has 1 heterocycles. The largest absolute Gasteiger partial charge is 0.339 e. The number of benzene rings is 1. The number of carbonyl (C=O) groups excluding carboxylic acids is 1. The van der Waals surface area contributed by atoms with E-state index in [1.807, 2.05) is 22.6 Å². The van der Waals surface area contributed by atoms with Gasteiger partial charge in [0.2, 0.25) is 0 Å². The van der Waals surface area contributed by atoms with Gasteiger partial charge in [-0.3, -0.25) is 4.79 Å². The zero-order chi connectivity index (χ0) is 11.5. The summed E-state index contributed by atoms with van der Waals surface area (Å²) in [7, 11) is 0. The summed E-state index contributed by atoms with van der Waals surface area (Å²) in [6, 6.07) is 4.74. The number of carbonyl (C=O) groups is 1. The van der Waals surface area contributed by atoms with Crippen LogP contribution in [0, 0.1) is 9.39 Å². The molecule has 2 rings (SSSR count). The third kappa shape index (κ3) is 2.53. The fourth-order valence-electron chi connectivity index (χ4n) is 1.93. The van der Waals surface area contributed by atoms with E-state index in [2.05, 4.69) is 0 Å². The van der Waals surface area contributed by atoms with Gasteiger partial charge in [-0.05, 0) is 60.1 Å². The molecule has 0 bridgehead atoms. The van der Waals surface area contributed by atoms with E-state index < -0.39 is 5.82 Å². The van der Waals surface area contributed by atoms with Crippen molar-refractivity contribution in [1.29, 1.82) is 0 Å². The molecular weight excluding hydrogens is 320 g/mol. The summed E-state index contributed by atoms with van der Waals surface area (Å²) in [5.74, 6) is -0.587. The van der Waals surface area contributed by atoms with Gasteiger partial charge in [0.1, 0.15) is 5.82 Å². The maximum absolute atomic E-state index is 13.6. The molecule has 0 unspecified atom stereocenters. The van der Waals surface area contributed by atoms with Gasteiger partial charge in [-0.25, -0.2) is 4.39 Å². The number of halogens is 2. The lowest BCUT2D eigenvalue weighted by Crippen LogP contribution is -2.36. The predicted molar refractivity (Wildman–Crippen MR) is 68.9 cm³/mol. The Labute approximate surface area is 108 Å². The van der Waals surface area contributed by atoms with E-state index in [0.717, 1.165) is 29.5 Å². The molecule has 1 saturated heterocycles. The minimum absolute atomic E-state index is 0.173. The quantitative estimate of drug-likeness (QED) is 0.724. The van der Waals surface area contributed by atoms with Crippen molar-refractivity contribution in [3.05, 3.63) is 33.1 Å². The molecule has 1 amide bonds. The van der Waals surface area contributed by atoms with Crippen LogP contribution < -0.4 is 0 Å². The van der Waals surface area contributed by atoms with Gasteiger partial charge < -0.3 is 4.90 Å². The van der Waals surface area contributed by atoms with Crippen molar-refractivity contribution in [3.63, 3.8) is 0 Å². The van der Waals surface area contributed by atoms with Gasteiger partial charge in [-0.1, -0.05) is 0 Å². The Kier molecular flexibility index (Phi) is 3.78. The highest BCUT2D eigenvalue weighted by Crippen LogP contribution is 2.17. The molecule has 16 heavy (non-hydrogen) atoms. The zero-order valence-corrected chi connectivity index (χ0v) is 11.0. The van der Waals surface area contributed by atoms with Crippen molar-refractivity contribution >= 4 is 28.5 Å². The SMILES string of the molecule is O=C(c1ccc(I)cc1F)N1CCCCC1. The van der Waals surface area contributed by atoms with Crippen molar-refractivity contribution < 1.29 is 9.18 Å². The number of hydrogen-bond donors (Lipinski definition) is 0. The second-order valence-corrected chi connectivity index (χ2v) is 5.22. The smallest absolute Gasteiger partial charge is 0.256 e. The molecule has 1 aliphatic rings. The van der Waals surface area contributed by atoms with Gasteiger partial charge in [-0.15, -0.1) is 0 Å². The second-order valence-electron chi connectivity index (χ2n) is 3.98. The average molecular weight is 333 g/mol. The summed E-state index contributed by atoms with van der Waals surface area (Å²) in [5.41, 5.74) is 0.197. The fourth-order valence-corrected chi connectivity index (χ4v) is 2.38. The average Bonchev–Trinajstić information content (AvgIpc) is 2.29. The molecule has 0 N–H and O–H groups in total. The highest BCUT2D eigenvalue weighted by atomic mass is 127. The molecule has 0 aliphatic carbocycles. The van der Waals surface area contributed by atoms with Gasteiger partial charge >= 0.3 is 0 Å². The monoisotopic (exact) mass is 333 g/mol. The lowest BCUT2D eigenvalue weighted by Gasteiger charge is -2.26. The highest BCUT2D eigenvalue weighted by molar-refractivity contribution is 14.1. The van der Waals surface area contributed by atoms with Gasteiger partial charge in [-0.2, -0.15) is 0 Å². The number of piperidine rings is 1. The van der Waals surface area contributed by atoms with E-state index in [1.54, 1.807) is 17.0 Å². The number of rotatable bonds is 1. The van der Waals surface area contributed by atoms with Crippen LogP contribution >= 0.6 is 22.6 Å². The molecule has 4 heteroatoms. The van der Waals surface area contributed by atoms with E-state index in [9.17, 15) is 9.18 Å². The molecule has 0 aromatic heterocycles. The van der Waals surface area contributed by atoms with Crippen LogP contribution in [0.25, 0.3) is 0 Å². The van der Waals surface area contributed by atoms with Gasteiger partial charge in [0.25, 0.3) is 5.91 Å². The van der Waals surface area contributed by atoms with Gasteiger partial charge in [0.15, 0.2) is 0 Å². The normalized spacial score (nSPS) is 16.2. The maximum atomic E-state index is 13.6. The Bertz CT molecular complexity index is 402. The molecule has 1 aromatic carbocycles. The Morgan fingerprint density at radius 3 is 2.56 bits per heavy atom. The molecule has 0 saturated carbocycles. The summed E-state index contributed by atoms with van der Waals surface area (Å²) < 4.78 is 14.4. The Hall–Kier alpha value is -0.650. The molecule has 0 atom stereocenters. The number of hydrogen-bond acceptors (Lipinski definition) is 1. The zero-order valence-electron chi connectivity index (χ0n) is 8.88. The first kappa shape index (κ1) is 11.8. The Balaban J connectivity index is 2.19. The lowest BCUT2D eigenvalue weighted by atomic mass is 10.1. The van der Waals surface area contributed by atoms with Crippen LogP contribution in [0.5, 0.6) is 0 Å². The van der Waals surface area contributed by atoms with E-state index in [-0.39, 0.29) is 11.5 Å². The Morgan fingerprint density at radius 2 is 1.94 bits per heavy atom. The second kappa shape index (κ2) is 5.12. The number of nitrogens with zero attached hydrogens (tertiary/aromatic N) is 1. The molecule has 2 nitrogen and oxygen atoms in total. The first-order valence-corrected chi connectivity index (χ1v) is 6.50. The van der Waals surface area contributed by atoms with E-state index in [0.29, 0.717) is 0 Å². The predicted octanol–water partition coefficient (Wildman–Crippen LogP) is 3.06.